The van der Waals surface area contributed by atoms with E-state index in [2.05, 4.69) is 4.98 Å². The molecule has 0 radical (unpaired) electrons. The van der Waals surface area contributed by atoms with E-state index in [4.69, 9.17) is 0 Å². The van der Waals surface area contributed by atoms with Gasteiger partial charge in [0, 0.05) is 0 Å². The number of aromatic nitrogens is 2. The molecule has 0 saturated carbocycles. The highest BCUT2D eigenvalue weighted by Crippen LogP contribution is 2.26. The zero-order valence-corrected chi connectivity index (χ0v) is 13.7. The van der Waals surface area contributed by atoms with Gasteiger partial charge in [-0.3, -0.25) is 14.2 Å². The van der Waals surface area contributed by atoms with Crippen molar-refractivity contribution in [1.82, 2.24) is 9.55 Å². The molecule has 1 aromatic heterocycles. The average molecular weight is 306 g/mol. The molecule has 1 aliphatic heterocycles. The van der Waals surface area contributed by atoms with Gasteiger partial charge in [-0.2, -0.15) is 0 Å². The summed E-state index contributed by atoms with van der Waals surface area (Å²) in [5.41, 5.74) is 3.65. The van der Waals surface area contributed by atoms with Gasteiger partial charge in [-0.05, 0) is 49.2 Å². The molecule has 0 atom stereocenters. The van der Waals surface area contributed by atoms with Crippen molar-refractivity contribution in [3.63, 3.8) is 0 Å². The van der Waals surface area contributed by atoms with Gasteiger partial charge in [0.2, 0.25) is 5.78 Å². The minimum Gasteiger partial charge on any atom is -0.285 e. The fourth-order valence-corrected chi connectivity index (χ4v) is 2.80. The summed E-state index contributed by atoms with van der Waals surface area (Å²) < 4.78 is 1.43. The first-order valence-electron chi connectivity index (χ1n) is 7.76. The van der Waals surface area contributed by atoms with Crippen LogP contribution in [0, 0.1) is 13.8 Å². The van der Waals surface area contributed by atoms with Crippen LogP contribution >= 0.6 is 0 Å². The maximum Gasteiger partial charge on any atom is 0.266 e. The Labute approximate surface area is 134 Å². The number of para-hydroxylation sites is 1. The Morgan fingerprint density at radius 3 is 2.35 bits per heavy atom. The molecule has 3 aromatic rings. The van der Waals surface area contributed by atoms with E-state index in [-0.39, 0.29) is 17.2 Å². The van der Waals surface area contributed by atoms with Gasteiger partial charge in [0.15, 0.2) is 5.82 Å². The Kier molecular flexibility index (Phi) is 3.60. The molecule has 0 amide bonds. The third-order valence-corrected chi connectivity index (χ3v) is 4.08. The van der Waals surface area contributed by atoms with Crippen molar-refractivity contribution >= 4 is 16.7 Å². The third kappa shape index (κ3) is 2.10. The minimum atomic E-state index is -0.192. The lowest BCUT2D eigenvalue weighted by atomic mass is 10.1. The first-order valence-corrected chi connectivity index (χ1v) is 7.76. The van der Waals surface area contributed by atoms with E-state index < -0.39 is 0 Å². The summed E-state index contributed by atoms with van der Waals surface area (Å²) in [6, 6.07) is 10.8. The number of benzene rings is 2. The molecule has 4 heteroatoms. The van der Waals surface area contributed by atoms with E-state index in [0.717, 1.165) is 11.1 Å². The lowest BCUT2D eigenvalue weighted by molar-refractivity contribution is 0.103. The van der Waals surface area contributed by atoms with Gasteiger partial charge in [0.25, 0.3) is 5.56 Å². The number of nitrogens with zero attached hydrogens (tertiary/aromatic N) is 2. The third-order valence-electron chi connectivity index (χ3n) is 4.08. The largest absolute Gasteiger partial charge is 0.285 e. The van der Waals surface area contributed by atoms with Crippen LogP contribution in [0.4, 0.5) is 0 Å². The fraction of sp³-hybridized carbons (Fsp3) is 0.211. The molecule has 0 unspecified atom stereocenters. The molecule has 1 aliphatic rings. The quantitative estimate of drug-likeness (QED) is 0.499. The van der Waals surface area contributed by atoms with Crippen molar-refractivity contribution in [2.75, 3.05) is 0 Å². The number of carbonyl (C=O) groups excluding carboxylic acids is 1. The van der Waals surface area contributed by atoms with E-state index in [1.807, 2.05) is 45.9 Å². The molecular formula is C19H18N2O2. The lowest BCUT2D eigenvalue weighted by Gasteiger charge is -2.07. The topological polar surface area (TPSA) is 52.0 Å². The minimum absolute atomic E-state index is 0.184. The highest BCUT2D eigenvalue weighted by Gasteiger charge is 2.29. The van der Waals surface area contributed by atoms with Crippen LogP contribution in [0.2, 0.25) is 0 Å². The molecule has 0 saturated heterocycles. The number of hydrogen-bond donors (Lipinski definition) is 0. The van der Waals surface area contributed by atoms with Crippen LogP contribution in [0.1, 0.15) is 41.2 Å². The number of fused-ring (bicyclic) bond motifs is 4. The van der Waals surface area contributed by atoms with Crippen LogP contribution in [0.5, 0.6) is 0 Å². The molecule has 0 fully saturated rings. The van der Waals surface area contributed by atoms with Crippen molar-refractivity contribution in [2.45, 2.75) is 27.7 Å². The predicted molar refractivity (Wildman–Crippen MR) is 91.6 cm³/mol. The number of rotatable bonds is 0. The maximum absolute atomic E-state index is 12.8. The van der Waals surface area contributed by atoms with Gasteiger partial charge in [-0.25, -0.2) is 4.98 Å². The fourth-order valence-electron chi connectivity index (χ4n) is 2.80. The van der Waals surface area contributed by atoms with Gasteiger partial charge >= 0.3 is 0 Å². The molecule has 0 bridgehead atoms. The Hall–Kier alpha value is -2.75. The van der Waals surface area contributed by atoms with E-state index >= 15 is 0 Å². The second-order valence-corrected chi connectivity index (χ2v) is 5.38. The van der Waals surface area contributed by atoms with Gasteiger partial charge < -0.3 is 0 Å². The predicted octanol–water partition coefficient (Wildman–Crippen LogP) is 3.57. The summed E-state index contributed by atoms with van der Waals surface area (Å²) in [5.74, 6) is 0.0137. The van der Waals surface area contributed by atoms with Crippen molar-refractivity contribution in [2.24, 2.45) is 0 Å². The second-order valence-electron chi connectivity index (χ2n) is 5.38. The molecule has 116 valence electrons. The molecule has 0 N–H and O–H groups in total. The zero-order valence-electron chi connectivity index (χ0n) is 13.7. The zero-order chi connectivity index (χ0) is 16.7. The highest BCUT2D eigenvalue weighted by atomic mass is 16.1. The molecule has 4 nitrogen and oxygen atoms in total. The number of ketones is 1. The lowest BCUT2D eigenvalue weighted by Crippen LogP contribution is -2.21. The number of carbonyl (C=O) groups is 1. The van der Waals surface area contributed by atoms with Crippen molar-refractivity contribution < 1.29 is 4.79 Å². The molecule has 0 spiro atoms. The summed E-state index contributed by atoms with van der Waals surface area (Å²) in [7, 11) is 0. The molecule has 2 heterocycles. The summed E-state index contributed by atoms with van der Waals surface area (Å²) >= 11 is 0. The van der Waals surface area contributed by atoms with Crippen LogP contribution in [-0.4, -0.2) is 15.3 Å². The summed E-state index contributed by atoms with van der Waals surface area (Å²) in [4.78, 5) is 29.6. The molecule has 4 rings (SSSR count). The van der Waals surface area contributed by atoms with Gasteiger partial charge in [0.1, 0.15) is 0 Å². The smallest absolute Gasteiger partial charge is 0.266 e. The molecule has 0 aliphatic carbocycles. The molecule has 2 aromatic carbocycles. The first kappa shape index (κ1) is 15.2. The maximum atomic E-state index is 12.8. The van der Waals surface area contributed by atoms with Crippen molar-refractivity contribution in [1.29, 1.82) is 0 Å². The number of aryl methyl sites for hydroxylation is 2. The Bertz CT molecular complexity index is 1000. The Morgan fingerprint density at radius 2 is 1.61 bits per heavy atom. The Morgan fingerprint density at radius 1 is 0.957 bits per heavy atom. The van der Waals surface area contributed by atoms with Crippen molar-refractivity contribution in [3.05, 3.63) is 69.3 Å². The van der Waals surface area contributed by atoms with E-state index in [9.17, 15) is 9.59 Å². The van der Waals surface area contributed by atoms with Crippen LogP contribution in [0.15, 0.2) is 41.2 Å². The highest BCUT2D eigenvalue weighted by molar-refractivity contribution is 6.13. The SMILES string of the molecule is CC.Cc1cc2nc3n(c(=O)c2cc1C)-c1ccccc1C3=O. The first-order chi connectivity index (χ1) is 11.1. The van der Waals surface area contributed by atoms with E-state index in [0.29, 0.717) is 22.2 Å². The average Bonchev–Trinajstić information content (AvgIpc) is 2.85. The van der Waals surface area contributed by atoms with Crippen LogP contribution < -0.4 is 5.56 Å². The standard InChI is InChI=1S/C17H12N2O2.C2H6/c1-9-7-12-13(8-10(9)2)18-16-15(20)11-5-3-4-6-14(11)19(16)17(12)21;1-2/h3-8H,1-2H3;1-2H3. The monoisotopic (exact) mass is 306 g/mol. The number of hydrogen-bond acceptors (Lipinski definition) is 3. The van der Waals surface area contributed by atoms with E-state index in [1.165, 1.54) is 4.57 Å². The second kappa shape index (κ2) is 5.47. The molecular weight excluding hydrogens is 288 g/mol. The van der Waals surface area contributed by atoms with Crippen LogP contribution in [-0.2, 0) is 0 Å². The normalized spacial score (nSPS) is 11.7. The van der Waals surface area contributed by atoms with Crippen LogP contribution in [0.3, 0.4) is 0 Å². The van der Waals surface area contributed by atoms with Gasteiger partial charge in [-0.1, -0.05) is 26.0 Å². The van der Waals surface area contributed by atoms with Crippen LogP contribution in [0.25, 0.3) is 16.6 Å². The van der Waals surface area contributed by atoms with Gasteiger partial charge in [-0.15, -0.1) is 0 Å². The summed E-state index contributed by atoms with van der Waals surface area (Å²) in [6.07, 6.45) is 0. The van der Waals surface area contributed by atoms with Crippen molar-refractivity contribution in [3.8, 4) is 5.69 Å². The van der Waals surface area contributed by atoms with E-state index in [1.54, 1.807) is 18.2 Å². The Balaban J connectivity index is 0.000000753. The summed E-state index contributed by atoms with van der Waals surface area (Å²) in [6.45, 7) is 7.93. The van der Waals surface area contributed by atoms with Gasteiger partial charge in [0.05, 0.1) is 22.2 Å². The summed E-state index contributed by atoms with van der Waals surface area (Å²) in [5, 5.41) is 0.548. The molecule has 23 heavy (non-hydrogen) atoms.